The topological polar surface area (TPSA) is 54.4 Å². The first-order valence-electron chi connectivity index (χ1n) is 6.71. The standard InChI is InChI=1S/C16H14O.CH4O.CH2O/c1-11-6-9-15-13(10-11)8-7-12-4-2-3-5-14(12)16(15)17;2*1-2/h2-6,9-10H,7-8H2,1H3;2H,1H3;1H2. The summed E-state index contributed by atoms with van der Waals surface area (Å²) in [5, 5.41) is 7.00. The van der Waals surface area contributed by atoms with Crippen LogP contribution in [0.1, 0.15) is 32.6 Å². The fraction of sp³-hybridized carbons (Fsp3) is 0.222. The minimum Gasteiger partial charge on any atom is -0.400 e. The maximum atomic E-state index is 12.4. The highest BCUT2D eigenvalue weighted by Crippen LogP contribution is 2.24. The molecule has 0 amide bonds. The van der Waals surface area contributed by atoms with Crippen molar-refractivity contribution in [2.75, 3.05) is 7.11 Å². The lowest BCUT2D eigenvalue weighted by Gasteiger charge is -2.05. The lowest BCUT2D eigenvalue weighted by atomic mass is 9.98. The summed E-state index contributed by atoms with van der Waals surface area (Å²) in [7, 11) is 1.00. The predicted octanol–water partition coefficient (Wildman–Crippen LogP) is 2.75. The molecule has 21 heavy (non-hydrogen) atoms. The highest BCUT2D eigenvalue weighted by molar-refractivity contribution is 6.11. The largest absolute Gasteiger partial charge is 0.400 e. The summed E-state index contributed by atoms with van der Waals surface area (Å²) in [6.07, 6.45) is 1.91. The van der Waals surface area contributed by atoms with Gasteiger partial charge in [0.2, 0.25) is 0 Å². The van der Waals surface area contributed by atoms with E-state index in [1.54, 1.807) is 0 Å². The third-order valence-electron chi connectivity index (χ3n) is 3.43. The van der Waals surface area contributed by atoms with E-state index in [-0.39, 0.29) is 5.78 Å². The second-order valence-corrected chi connectivity index (χ2v) is 4.65. The number of benzene rings is 2. The first-order valence-corrected chi connectivity index (χ1v) is 6.71. The van der Waals surface area contributed by atoms with Crippen LogP contribution in [0.15, 0.2) is 42.5 Å². The molecule has 0 radical (unpaired) electrons. The molecule has 2 aromatic rings. The van der Waals surface area contributed by atoms with Crippen LogP contribution in [0, 0.1) is 6.92 Å². The van der Waals surface area contributed by atoms with Crippen molar-refractivity contribution in [3.8, 4) is 0 Å². The van der Waals surface area contributed by atoms with Gasteiger partial charge in [0.1, 0.15) is 6.79 Å². The number of aryl methyl sites for hydroxylation is 3. The zero-order valence-corrected chi connectivity index (χ0v) is 12.4. The summed E-state index contributed by atoms with van der Waals surface area (Å²) in [4.78, 5) is 20.4. The average molecular weight is 284 g/mol. The van der Waals surface area contributed by atoms with Gasteiger partial charge in [-0.2, -0.15) is 0 Å². The first kappa shape index (κ1) is 16.8. The number of ketones is 1. The summed E-state index contributed by atoms with van der Waals surface area (Å²) >= 11 is 0. The molecule has 110 valence electrons. The Labute approximate surface area is 125 Å². The summed E-state index contributed by atoms with van der Waals surface area (Å²) < 4.78 is 0. The molecule has 1 aliphatic rings. The molecule has 3 heteroatoms. The minimum atomic E-state index is 0.174. The molecule has 1 aliphatic carbocycles. The van der Waals surface area contributed by atoms with Crippen LogP contribution in [0.3, 0.4) is 0 Å². The Hall–Kier alpha value is -2.26. The number of carbonyl (C=O) groups is 2. The van der Waals surface area contributed by atoms with Crippen molar-refractivity contribution in [1.82, 2.24) is 0 Å². The number of fused-ring (bicyclic) bond motifs is 2. The molecule has 0 aliphatic heterocycles. The zero-order valence-electron chi connectivity index (χ0n) is 12.4. The molecule has 0 atom stereocenters. The number of hydrogen-bond donors (Lipinski definition) is 1. The molecular formula is C18H20O3. The monoisotopic (exact) mass is 284 g/mol. The van der Waals surface area contributed by atoms with Gasteiger partial charge in [0, 0.05) is 18.2 Å². The fourth-order valence-electron chi connectivity index (χ4n) is 2.53. The van der Waals surface area contributed by atoms with Crippen LogP contribution in [-0.4, -0.2) is 24.8 Å². The van der Waals surface area contributed by atoms with E-state index in [0.29, 0.717) is 0 Å². The van der Waals surface area contributed by atoms with E-state index in [1.165, 1.54) is 16.7 Å². The van der Waals surface area contributed by atoms with Gasteiger partial charge in [-0.05, 0) is 30.9 Å². The summed E-state index contributed by atoms with van der Waals surface area (Å²) in [6.45, 7) is 4.07. The quantitative estimate of drug-likeness (QED) is 0.809. The Kier molecular flexibility index (Phi) is 6.50. The minimum absolute atomic E-state index is 0.174. The van der Waals surface area contributed by atoms with Crippen LogP contribution in [0.4, 0.5) is 0 Å². The molecule has 2 aromatic carbocycles. The van der Waals surface area contributed by atoms with Crippen molar-refractivity contribution in [2.24, 2.45) is 0 Å². The van der Waals surface area contributed by atoms with Crippen LogP contribution < -0.4 is 0 Å². The van der Waals surface area contributed by atoms with Crippen molar-refractivity contribution in [2.45, 2.75) is 19.8 Å². The third kappa shape index (κ3) is 3.64. The van der Waals surface area contributed by atoms with Gasteiger partial charge in [-0.3, -0.25) is 4.79 Å². The second-order valence-electron chi connectivity index (χ2n) is 4.65. The number of aliphatic hydroxyl groups is 1. The summed E-state index contributed by atoms with van der Waals surface area (Å²) in [6, 6.07) is 14.1. The predicted molar refractivity (Wildman–Crippen MR) is 83.7 cm³/mol. The molecule has 0 saturated carbocycles. The fourth-order valence-corrected chi connectivity index (χ4v) is 2.53. The van der Waals surface area contributed by atoms with Crippen LogP contribution in [0.25, 0.3) is 0 Å². The molecular weight excluding hydrogens is 264 g/mol. The van der Waals surface area contributed by atoms with Crippen molar-refractivity contribution in [3.63, 3.8) is 0 Å². The van der Waals surface area contributed by atoms with Crippen molar-refractivity contribution in [3.05, 3.63) is 70.3 Å². The number of aliphatic hydroxyl groups excluding tert-OH is 1. The van der Waals surface area contributed by atoms with Crippen LogP contribution >= 0.6 is 0 Å². The van der Waals surface area contributed by atoms with Gasteiger partial charge in [0.05, 0.1) is 0 Å². The first-order chi connectivity index (χ1) is 10.3. The maximum Gasteiger partial charge on any atom is 0.193 e. The summed E-state index contributed by atoms with van der Waals surface area (Å²) in [5.41, 5.74) is 5.33. The lowest BCUT2D eigenvalue weighted by molar-refractivity contribution is -0.0980. The van der Waals surface area contributed by atoms with Crippen LogP contribution in [0.2, 0.25) is 0 Å². The Morgan fingerprint density at radius 3 is 2.19 bits per heavy atom. The van der Waals surface area contributed by atoms with Crippen molar-refractivity contribution < 1.29 is 14.7 Å². The normalized spacial score (nSPS) is 11.7. The SMILES string of the molecule is C=O.CO.Cc1ccc2c(c1)CCc1ccccc1C2=O. The molecule has 0 aromatic heterocycles. The van der Waals surface area contributed by atoms with Gasteiger partial charge in [0.25, 0.3) is 0 Å². The van der Waals surface area contributed by atoms with Crippen molar-refractivity contribution in [1.29, 1.82) is 0 Å². The van der Waals surface area contributed by atoms with Crippen molar-refractivity contribution >= 4 is 12.6 Å². The van der Waals surface area contributed by atoms with E-state index in [9.17, 15) is 4.79 Å². The van der Waals surface area contributed by atoms with Gasteiger partial charge in [-0.25, -0.2) is 0 Å². The molecule has 0 saturated heterocycles. The Bertz CT molecular complexity index is 618. The molecule has 1 N–H and O–H groups in total. The maximum absolute atomic E-state index is 12.4. The highest BCUT2D eigenvalue weighted by atomic mass is 16.2. The number of carbonyl (C=O) groups excluding carboxylic acids is 2. The molecule has 0 fully saturated rings. The van der Waals surface area contributed by atoms with E-state index >= 15 is 0 Å². The van der Waals surface area contributed by atoms with Gasteiger partial charge in [-0.1, -0.05) is 48.0 Å². The Balaban J connectivity index is 0.000000510. The smallest absolute Gasteiger partial charge is 0.193 e. The molecule has 0 unspecified atom stereocenters. The Morgan fingerprint density at radius 2 is 1.48 bits per heavy atom. The average Bonchev–Trinajstić information content (AvgIpc) is 2.69. The van der Waals surface area contributed by atoms with E-state index in [0.717, 1.165) is 31.1 Å². The van der Waals surface area contributed by atoms with Crippen LogP contribution in [0.5, 0.6) is 0 Å². The highest BCUT2D eigenvalue weighted by Gasteiger charge is 2.20. The molecule has 0 bridgehead atoms. The third-order valence-corrected chi connectivity index (χ3v) is 3.43. The van der Waals surface area contributed by atoms with E-state index in [1.807, 2.05) is 37.1 Å². The van der Waals surface area contributed by atoms with E-state index in [4.69, 9.17) is 9.90 Å². The van der Waals surface area contributed by atoms with Gasteiger partial charge in [-0.15, -0.1) is 0 Å². The second kappa shape index (κ2) is 8.12. The van der Waals surface area contributed by atoms with Gasteiger partial charge < -0.3 is 9.90 Å². The molecule has 0 heterocycles. The summed E-state index contributed by atoms with van der Waals surface area (Å²) in [5.74, 6) is 0.174. The number of rotatable bonds is 0. The van der Waals surface area contributed by atoms with E-state index < -0.39 is 0 Å². The molecule has 3 nitrogen and oxygen atoms in total. The molecule has 3 rings (SSSR count). The van der Waals surface area contributed by atoms with Gasteiger partial charge >= 0.3 is 0 Å². The molecule has 0 spiro atoms. The lowest BCUT2D eigenvalue weighted by Crippen LogP contribution is -2.03. The number of hydrogen-bond acceptors (Lipinski definition) is 3. The van der Waals surface area contributed by atoms with Gasteiger partial charge in [0.15, 0.2) is 5.78 Å². The van der Waals surface area contributed by atoms with E-state index in [2.05, 4.69) is 19.1 Å². The zero-order chi connectivity index (χ0) is 15.8. The van der Waals surface area contributed by atoms with Crippen LogP contribution in [-0.2, 0) is 17.6 Å². The Morgan fingerprint density at radius 1 is 0.905 bits per heavy atom.